The van der Waals surface area contributed by atoms with Gasteiger partial charge < -0.3 is 10.1 Å². The van der Waals surface area contributed by atoms with Gasteiger partial charge in [-0.25, -0.2) is 9.78 Å². The highest BCUT2D eigenvalue weighted by atomic mass is 79.9. The summed E-state index contributed by atoms with van der Waals surface area (Å²) >= 11 is 3.20. The van der Waals surface area contributed by atoms with Gasteiger partial charge in [0.05, 0.1) is 7.11 Å². The first-order chi connectivity index (χ1) is 7.56. The van der Waals surface area contributed by atoms with Crippen LogP contribution in [0.2, 0.25) is 0 Å². The zero-order valence-corrected chi connectivity index (χ0v) is 10.1. The summed E-state index contributed by atoms with van der Waals surface area (Å²) in [6.45, 7) is 3.31. The second-order valence-corrected chi connectivity index (χ2v) is 3.66. The largest absolute Gasteiger partial charge is 0.464 e. The number of aromatic nitrogens is 1. The summed E-state index contributed by atoms with van der Waals surface area (Å²) in [4.78, 5) is 26.2. The topological polar surface area (TPSA) is 68.3 Å². The Morgan fingerprint density at radius 3 is 2.81 bits per heavy atom. The normalized spacial score (nSPS) is 9.38. The molecule has 1 aromatic heterocycles. The molecule has 0 spiro atoms. The quantitative estimate of drug-likeness (QED) is 0.678. The smallest absolute Gasteiger partial charge is 0.356 e. The summed E-state index contributed by atoms with van der Waals surface area (Å²) in [7, 11) is 1.26. The van der Waals surface area contributed by atoms with Gasteiger partial charge in [0, 0.05) is 4.47 Å². The molecule has 16 heavy (non-hydrogen) atoms. The van der Waals surface area contributed by atoms with Crippen molar-refractivity contribution in [2.45, 2.75) is 0 Å². The molecular formula is C10H9BrN2O3. The minimum absolute atomic E-state index is 0.108. The van der Waals surface area contributed by atoms with E-state index in [1.807, 2.05) is 0 Å². The SMILES string of the molecule is C=CC(=O)Nc1cc(Br)cc(C(=O)OC)n1. The zero-order valence-electron chi connectivity index (χ0n) is 8.49. The molecule has 1 amide bonds. The second-order valence-electron chi connectivity index (χ2n) is 2.74. The molecule has 5 nitrogen and oxygen atoms in total. The van der Waals surface area contributed by atoms with Crippen molar-refractivity contribution in [1.29, 1.82) is 0 Å². The van der Waals surface area contributed by atoms with Crippen molar-refractivity contribution in [3.8, 4) is 0 Å². The highest BCUT2D eigenvalue weighted by Gasteiger charge is 2.10. The second kappa shape index (κ2) is 5.41. The third-order valence-electron chi connectivity index (χ3n) is 1.62. The lowest BCUT2D eigenvalue weighted by molar-refractivity contribution is -0.111. The number of carbonyl (C=O) groups excluding carboxylic acids is 2. The lowest BCUT2D eigenvalue weighted by atomic mass is 10.3. The van der Waals surface area contributed by atoms with Crippen LogP contribution in [0.5, 0.6) is 0 Å². The number of esters is 1. The number of amides is 1. The van der Waals surface area contributed by atoms with Crippen LogP contribution in [0.4, 0.5) is 5.82 Å². The molecule has 1 rings (SSSR count). The first-order valence-corrected chi connectivity index (χ1v) is 5.05. The van der Waals surface area contributed by atoms with Crippen molar-refractivity contribution in [3.63, 3.8) is 0 Å². The Morgan fingerprint density at radius 1 is 1.56 bits per heavy atom. The molecule has 1 N–H and O–H groups in total. The Bertz CT molecular complexity index is 446. The van der Waals surface area contributed by atoms with E-state index < -0.39 is 11.9 Å². The number of nitrogens with one attached hydrogen (secondary N) is 1. The number of pyridine rings is 1. The monoisotopic (exact) mass is 284 g/mol. The maximum atomic E-state index is 11.2. The highest BCUT2D eigenvalue weighted by molar-refractivity contribution is 9.10. The van der Waals surface area contributed by atoms with E-state index in [2.05, 4.69) is 37.5 Å². The Kier molecular flexibility index (Phi) is 4.19. The van der Waals surface area contributed by atoms with Gasteiger partial charge in [0.1, 0.15) is 5.82 Å². The number of carbonyl (C=O) groups is 2. The molecule has 1 aromatic rings. The van der Waals surface area contributed by atoms with E-state index in [1.54, 1.807) is 6.07 Å². The molecule has 0 saturated carbocycles. The lowest BCUT2D eigenvalue weighted by Crippen LogP contribution is -2.11. The number of methoxy groups -OCH3 is 1. The van der Waals surface area contributed by atoms with Crippen molar-refractivity contribution in [1.82, 2.24) is 4.98 Å². The predicted molar refractivity (Wildman–Crippen MR) is 62.1 cm³/mol. The van der Waals surface area contributed by atoms with Gasteiger partial charge in [-0.15, -0.1) is 0 Å². The number of rotatable bonds is 3. The zero-order chi connectivity index (χ0) is 12.1. The standard InChI is InChI=1S/C10H9BrN2O3/c1-3-9(14)13-8-5-6(11)4-7(12-8)10(15)16-2/h3-5H,1H2,2H3,(H,12,13,14). The maximum Gasteiger partial charge on any atom is 0.356 e. The number of nitrogens with zero attached hydrogens (tertiary/aromatic N) is 1. The van der Waals surface area contributed by atoms with Gasteiger partial charge >= 0.3 is 5.97 Å². The molecule has 0 aliphatic rings. The molecule has 0 atom stereocenters. The average molecular weight is 285 g/mol. The third-order valence-corrected chi connectivity index (χ3v) is 2.08. The van der Waals surface area contributed by atoms with Crippen LogP contribution in [-0.2, 0) is 9.53 Å². The summed E-state index contributed by atoms with van der Waals surface area (Å²) in [6.07, 6.45) is 1.11. The van der Waals surface area contributed by atoms with Crippen LogP contribution in [0.25, 0.3) is 0 Å². The van der Waals surface area contributed by atoms with E-state index in [0.717, 1.165) is 6.08 Å². The van der Waals surface area contributed by atoms with Crippen molar-refractivity contribution in [3.05, 3.63) is 35.0 Å². The van der Waals surface area contributed by atoms with E-state index in [-0.39, 0.29) is 11.5 Å². The molecule has 0 radical (unpaired) electrons. The fourth-order valence-electron chi connectivity index (χ4n) is 0.948. The van der Waals surface area contributed by atoms with Crippen LogP contribution in [-0.4, -0.2) is 24.0 Å². The Balaban J connectivity index is 3.02. The first-order valence-electron chi connectivity index (χ1n) is 4.26. The summed E-state index contributed by atoms with van der Waals surface area (Å²) in [5.41, 5.74) is 0.108. The maximum absolute atomic E-state index is 11.2. The Labute approximate surface area is 101 Å². The van der Waals surface area contributed by atoms with E-state index in [0.29, 0.717) is 4.47 Å². The molecule has 0 bridgehead atoms. The van der Waals surface area contributed by atoms with Crippen molar-refractivity contribution >= 4 is 33.6 Å². The van der Waals surface area contributed by atoms with Crippen LogP contribution < -0.4 is 5.32 Å². The molecule has 84 valence electrons. The Hall–Kier alpha value is -1.69. The number of hydrogen-bond acceptors (Lipinski definition) is 4. The first kappa shape index (κ1) is 12.4. The van der Waals surface area contributed by atoms with Crippen LogP contribution in [0.3, 0.4) is 0 Å². The van der Waals surface area contributed by atoms with Gasteiger partial charge in [-0.3, -0.25) is 4.79 Å². The van der Waals surface area contributed by atoms with Crippen LogP contribution in [0.1, 0.15) is 10.5 Å². The number of anilines is 1. The number of ether oxygens (including phenoxy) is 1. The summed E-state index contributed by atoms with van der Waals surface area (Å²) < 4.78 is 5.14. The van der Waals surface area contributed by atoms with Gasteiger partial charge in [0.15, 0.2) is 5.69 Å². The summed E-state index contributed by atoms with van der Waals surface area (Å²) in [5.74, 6) is -0.725. The predicted octanol–water partition coefficient (Wildman–Crippen LogP) is 1.76. The van der Waals surface area contributed by atoms with Gasteiger partial charge in [-0.2, -0.15) is 0 Å². The molecule has 6 heteroatoms. The molecule has 0 unspecified atom stereocenters. The van der Waals surface area contributed by atoms with Crippen LogP contribution >= 0.6 is 15.9 Å². The minimum Gasteiger partial charge on any atom is -0.464 e. The van der Waals surface area contributed by atoms with Gasteiger partial charge in [0.2, 0.25) is 5.91 Å². The molecule has 0 aliphatic heterocycles. The van der Waals surface area contributed by atoms with Gasteiger partial charge in [0.25, 0.3) is 0 Å². The average Bonchev–Trinajstić information content (AvgIpc) is 2.27. The lowest BCUT2D eigenvalue weighted by Gasteiger charge is -2.04. The summed E-state index contributed by atoms with van der Waals surface area (Å²) in [6, 6.07) is 3.06. The Morgan fingerprint density at radius 2 is 2.25 bits per heavy atom. The number of halogens is 1. The molecule has 0 saturated heterocycles. The highest BCUT2D eigenvalue weighted by Crippen LogP contribution is 2.16. The van der Waals surface area contributed by atoms with Crippen LogP contribution in [0.15, 0.2) is 29.3 Å². The van der Waals surface area contributed by atoms with Crippen molar-refractivity contribution in [2.24, 2.45) is 0 Å². The fourth-order valence-corrected chi connectivity index (χ4v) is 1.38. The van der Waals surface area contributed by atoms with Gasteiger partial charge in [-0.1, -0.05) is 22.5 Å². The summed E-state index contributed by atoms with van der Waals surface area (Å²) in [5, 5.41) is 2.45. The minimum atomic E-state index is -0.574. The van der Waals surface area contributed by atoms with E-state index in [1.165, 1.54) is 13.2 Å². The van der Waals surface area contributed by atoms with Crippen LogP contribution in [0, 0.1) is 0 Å². The third kappa shape index (κ3) is 3.16. The van der Waals surface area contributed by atoms with E-state index >= 15 is 0 Å². The van der Waals surface area contributed by atoms with Gasteiger partial charge in [-0.05, 0) is 18.2 Å². The molecule has 1 heterocycles. The van der Waals surface area contributed by atoms with Crippen molar-refractivity contribution in [2.75, 3.05) is 12.4 Å². The fraction of sp³-hybridized carbons (Fsp3) is 0.100. The molecule has 0 aromatic carbocycles. The van der Waals surface area contributed by atoms with E-state index in [4.69, 9.17) is 0 Å². The molecule has 0 aliphatic carbocycles. The molecule has 0 fully saturated rings. The number of hydrogen-bond donors (Lipinski definition) is 1. The van der Waals surface area contributed by atoms with Crippen molar-refractivity contribution < 1.29 is 14.3 Å². The van der Waals surface area contributed by atoms with E-state index in [9.17, 15) is 9.59 Å². The molecular weight excluding hydrogens is 276 g/mol.